The van der Waals surface area contributed by atoms with E-state index in [9.17, 15) is 0 Å². The Labute approximate surface area is 148 Å². The third kappa shape index (κ3) is 3.74. The van der Waals surface area contributed by atoms with Crippen LogP contribution >= 0.6 is 0 Å². The monoisotopic (exact) mass is 340 g/mol. The molecule has 2 aliphatic rings. The van der Waals surface area contributed by atoms with Crippen LogP contribution in [0.4, 0.5) is 5.82 Å². The van der Waals surface area contributed by atoms with E-state index >= 15 is 0 Å². The third-order valence-corrected chi connectivity index (χ3v) is 5.29. The van der Waals surface area contributed by atoms with Crippen LogP contribution in [0, 0.1) is 12.3 Å². The first-order valence-corrected chi connectivity index (χ1v) is 8.92. The maximum Gasteiger partial charge on any atom is 0.151 e. The lowest BCUT2D eigenvalue weighted by Gasteiger charge is -2.38. The zero-order chi connectivity index (χ0) is 17.1. The van der Waals surface area contributed by atoms with Gasteiger partial charge in [0.1, 0.15) is 12.4 Å². The van der Waals surface area contributed by atoms with Gasteiger partial charge >= 0.3 is 0 Å². The number of aryl methyl sites for hydroxylation is 1. The Morgan fingerprint density at radius 2 is 2.12 bits per heavy atom. The van der Waals surface area contributed by atoms with Crippen molar-refractivity contribution in [3.8, 4) is 5.75 Å². The molecule has 0 bridgehead atoms. The lowest BCUT2D eigenvalue weighted by atomic mass is 9.76. The van der Waals surface area contributed by atoms with Gasteiger partial charge in [0, 0.05) is 19.3 Å². The van der Waals surface area contributed by atoms with E-state index in [1.165, 1.54) is 0 Å². The Balaban J connectivity index is 1.29. The Hall–Kier alpha value is -2.21. The molecule has 132 valence electrons. The number of aromatic nitrogens is 3. The molecule has 2 aliphatic heterocycles. The van der Waals surface area contributed by atoms with Gasteiger partial charge in [-0.3, -0.25) is 4.98 Å². The average molecular weight is 340 g/mol. The summed E-state index contributed by atoms with van der Waals surface area (Å²) < 4.78 is 11.8. The van der Waals surface area contributed by atoms with Gasteiger partial charge in [0.25, 0.3) is 0 Å². The molecule has 2 aromatic rings. The molecule has 0 N–H and O–H groups in total. The summed E-state index contributed by atoms with van der Waals surface area (Å²) in [6, 6.07) is 7.90. The highest BCUT2D eigenvalue weighted by atomic mass is 16.5. The molecule has 4 heterocycles. The highest BCUT2D eigenvalue weighted by Crippen LogP contribution is 2.42. The van der Waals surface area contributed by atoms with E-state index < -0.39 is 0 Å². The minimum Gasteiger partial charge on any atom is -0.489 e. The van der Waals surface area contributed by atoms with Crippen LogP contribution in [-0.4, -0.2) is 47.6 Å². The molecular formula is C19H24N4O2. The Kier molecular flexibility index (Phi) is 4.53. The number of hydrogen-bond acceptors (Lipinski definition) is 6. The molecule has 25 heavy (non-hydrogen) atoms. The van der Waals surface area contributed by atoms with Gasteiger partial charge in [0.2, 0.25) is 0 Å². The average Bonchev–Trinajstić information content (AvgIpc) is 3.05. The van der Waals surface area contributed by atoms with E-state index in [4.69, 9.17) is 9.47 Å². The van der Waals surface area contributed by atoms with E-state index in [-0.39, 0.29) is 11.5 Å². The number of pyridine rings is 1. The molecule has 2 fully saturated rings. The van der Waals surface area contributed by atoms with Crippen molar-refractivity contribution in [2.45, 2.75) is 32.3 Å². The molecule has 6 nitrogen and oxygen atoms in total. The first-order chi connectivity index (χ1) is 12.2. The SMILES string of the molecule is Cc1ccc(N2CCC3(CC2)CO[C@H](COc2cccnc2)C3)nn1. The number of anilines is 1. The molecule has 0 amide bonds. The van der Waals surface area contributed by atoms with Gasteiger partial charge in [-0.1, -0.05) is 0 Å². The fraction of sp³-hybridized carbons (Fsp3) is 0.526. The van der Waals surface area contributed by atoms with Gasteiger partial charge in [-0.15, -0.1) is 5.10 Å². The molecule has 4 rings (SSSR count). The van der Waals surface area contributed by atoms with Gasteiger partial charge in [0.05, 0.1) is 24.6 Å². The van der Waals surface area contributed by atoms with Gasteiger partial charge in [-0.2, -0.15) is 5.10 Å². The highest BCUT2D eigenvalue weighted by molar-refractivity contribution is 5.38. The van der Waals surface area contributed by atoms with Crippen LogP contribution in [0.25, 0.3) is 0 Å². The van der Waals surface area contributed by atoms with Crippen LogP contribution in [0.5, 0.6) is 5.75 Å². The van der Waals surface area contributed by atoms with Crippen LogP contribution in [0.1, 0.15) is 25.0 Å². The van der Waals surface area contributed by atoms with E-state index in [2.05, 4.69) is 26.1 Å². The number of nitrogens with zero attached hydrogens (tertiary/aromatic N) is 4. The fourth-order valence-electron chi connectivity index (χ4n) is 3.74. The minimum absolute atomic E-state index is 0.172. The fourth-order valence-corrected chi connectivity index (χ4v) is 3.74. The third-order valence-electron chi connectivity index (χ3n) is 5.29. The topological polar surface area (TPSA) is 60.4 Å². The summed E-state index contributed by atoms with van der Waals surface area (Å²) in [6.07, 6.45) is 7.00. The standard InChI is InChI=1S/C19H24N4O2/c1-15-4-5-18(22-21-15)23-9-6-19(7-10-23)11-17(25-14-19)13-24-16-3-2-8-20-12-16/h2-5,8,12,17H,6-7,9-11,13-14H2,1H3/t17-/m0/s1. The molecule has 0 aliphatic carbocycles. The molecule has 6 heteroatoms. The highest BCUT2D eigenvalue weighted by Gasteiger charge is 2.42. The van der Waals surface area contributed by atoms with Crippen molar-refractivity contribution in [2.75, 3.05) is 31.2 Å². The predicted octanol–water partition coefficient (Wildman–Crippen LogP) is 2.63. The summed E-state index contributed by atoms with van der Waals surface area (Å²) in [6.45, 7) is 5.42. The van der Waals surface area contributed by atoms with E-state index in [0.717, 1.165) is 56.2 Å². The maximum absolute atomic E-state index is 6.03. The Morgan fingerprint density at radius 1 is 1.24 bits per heavy atom. The van der Waals surface area contributed by atoms with E-state index in [1.54, 1.807) is 12.4 Å². The molecule has 0 unspecified atom stereocenters. The lowest BCUT2D eigenvalue weighted by Crippen LogP contribution is -2.41. The number of piperidine rings is 1. The van der Waals surface area contributed by atoms with Crippen molar-refractivity contribution in [3.63, 3.8) is 0 Å². The summed E-state index contributed by atoms with van der Waals surface area (Å²) in [5, 5.41) is 8.48. The van der Waals surface area contributed by atoms with Gasteiger partial charge in [0.15, 0.2) is 5.82 Å². The van der Waals surface area contributed by atoms with Crippen molar-refractivity contribution in [3.05, 3.63) is 42.4 Å². The Bertz CT molecular complexity index is 684. The summed E-state index contributed by atoms with van der Waals surface area (Å²) in [4.78, 5) is 6.40. The number of ether oxygens (including phenoxy) is 2. The zero-order valence-corrected chi connectivity index (χ0v) is 14.6. The van der Waals surface area contributed by atoms with Crippen molar-refractivity contribution in [1.82, 2.24) is 15.2 Å². The summed E-state index contributed by atoms with van der Waals surface area (Å²) in [7, 11) is 0. The van der Waals surface area contributed by atoms with Crippen LogP contribution in [0.3, 0.4) is 0 Å². The molecule has 0 radical (unpaired) electrons. The molecule has 2 aromatic heterocycles. The number of hydrogen-bond donors (Lipinski definition) is 0. The Morgan fingerprint density at radius 3 is 2.84 bits per heavy atom. The van der Waals surface area contributed by atoms with Crippen molar-refractivity contribution in [1.29, 1.82) is 0 Å². The molecule has 0 saturated carbocycles. The normalized spacial score (nSPS) is 22.3. The molecular weight excluding hydrogens is 316 g/mol. The van der Waals surface area contributed by atoms with Crippen LogP contribution in [-0.2, 0) is 4.74 Å². The van der Waals surface area contributed by atoms with Crippen molar-refractivity contribution in [2.24, 2.45) is 5.41 Å². The smallest absolute Gasteiger partial charge is 0.151 e. The van der Waals surface area contributed by atoms with Crippen LogP contribution < -0.4 is 9.64 Å². The predicted molar refractivity (Wildman–Crippen MR) is 94.7 cm³/mol. The van der Waals surface area contributed by atoms with Gasteiger partial charge in [-0.25, -0.2) is 0 Å². The molecule has 2 saturated heterocycles. The number of rotatable bonds is 4. The summed E-state index contributed by atoms with van der Waals surface area (Å²) >= 11 is 0. The first kappa shape index (κ1) is 16.3. The molecule has 0 aromatic carbocycles. The summed E-state index contributed by atoms with van der Waals surface area (Å²) in [5.41, 5.74) is 1.25. The second-order valence-corrected chi connectivity index (χ2v) is 7.16. The van der Waals surface area contributed by atoms with E-state index in [0.29, 0.717) is 6.61 Å². The van der Waals surface area contributed by atoms with Crippen LogP contribution in [0.2, 0.25) is 0 Å². The van der Waals surface area contributed by atoms with Crippen molar-refractivity contribution >= 4 is 5.82 Å². The van der Waals surface area contributed by atoms with Crippen molar-refractivity contribution < 1.29 is 9.47 Å². The zero-order valence-electron chi connectivity index (χ0n) is 14.6. The second kappa shape index (κ2) is 6.96. The van der Waals surface area contributed by atoms with Gasteiger partial charge < -0.3 is 14.4 Å². The lowest BCUT2D eigenvalue weighted by molar-refractivity contribution is 0.0577. The maximum atomic E-state index is 6.03. The van der Waals surface area contributed by atoms with Gasteiger partial charge in [-0.05, 0) is 55.9 Å². The molecule has 1 atom stereocenters. The quantitative estimate of drug-likeness (QED) is 0.853. The van der Waals surface area contributed by atoms with Crippen LogP contribution in [0.15, 0.2) is 36.7 Å². The van der Waals surface area contributed by atoms with E-state index in [1.807, 2.05) is 25.1 Å². The summed E-state index contributed by atoms with van der Waals surface area (Å²) in [5.74, 6) is 1.79. The minimum atomic E-state index is 0.172. The largest absolute Gasteiger partial charge is 0.489 e. The second-order valence-electron chi connectivity index (χ2n) is 7.16. The first-order valence-electron chi connectivity index (χ1n) is 8.92. The molecule has 1 spiro atoms.